The first-order valence-electron chi connectivity index (χ1n) is 9.49. The number of thiazole rings is 1. The highest BCUT2D eigenvalue weighted by molar-refractivity contribution is 8.00. The molecule has 1 aromatic carbocycles. The molecule has 2 aromatic heterocycles. The van der Waals surface area contributed by atoms with Crippen molar-refractivity contribution in [2.24, 2.45) is 0 Å². The van der Waals surface area contributed by atoms with Crippen molar-refractivity contribution in [3.05, 3.63) is 59.9 Å². The minimum absolute atomic E-state index is 0.0895. The predicted octanol–water partition coefficient (Wildman–Crippen LogP) is 4.71. The van der Waals surface area contributed by atoms with Crippen LogP contribution in [0.3, 0.4) is 0 Å². The van der Waals surface area contributed by atoms with E-state index < -0.39 is 16.0 Å². The van der Waals surface area contributed by atoms with Gasteiger partial charge in [0, 0.05) is 11.5 Å². The van der Waals surface area contributed by atoms with Crippen LogP contribution >= 0.6 is 23.1 Å². The van der Waals surface area contributed by atoms with Crippen LogP contribution in [0.15, 0.2) is 56.3 Å². The van der Waals surface area contributed by atoms with Crippen molar-refractivity contribution >= 4 is 50.3 Å². The van der Waals surface area contributed by atoms with Gasteiger partial charge in [-0.1, -0.05) is 44.2 Å². The number of nitrogens with one attached hydrogen (secondary N) is 1. The van der Waals surface area contributed by atoms with E-state index in [1.807, 2.05) is 0 Å². The van der Waals surface area contributed by atoms with E-state index in [2.05, 4.69) is 40.2 Å². The number of hydrogen-bond acceptors (Lipinski definition) is 9. The summed E-state index contributed by atoms with van der Waals surface area (Å²) in [6.07, 6.45) is 6.15. The Morgan fingerprint density at radius 2 is 1.94 bits per heavy atom. The lowest BCUT2D eigenvalue weighted by Crippen LogP contribution is -2.12. The summed E-state index contributed by atoms with van der Waals surface area (Å²) < 4.78 is 38.9. The molecule has 11 heteroatoms. The standard InChI is InChI=1S/C21H23N3O5S3/c1-21(2,3)16-11-22-17(29-16)13-30-19-12-23-20(31-19)24-32(26,27)15-8-5-14(6-9-15)7-10-18(25)28-4/h5-12H,13H2,1-4H3,(H,23,24)/b10-7+. The van der Waals surface area contributed by atoms with E-state index >= 15 is 0 Å². The molecule has 32 heavy (non-hydrogen) atoms. The van der Waals surface area contributed by atoms with Crippen LogP contribution in [-0.4, -0.2) is 31.5 Å². The van der Waals surface area contributed by atoms with Crippen LogP contribution in [0.5, 0.6) is 0 Å². The number of aromatic nitrogens is 2. The van der Waals surface area contributed by atoms with E-state index in [4.69, 9.17) is 4.42 Å². The first-order chi connectivity index (χ1) is 15.1. The number of carbonyl (C=O) groups excluding carboxylic acids is 1. The molecule has 0 saturated heterocycles. The van der Waals surface area contributed by atoms with Crippen molar-refractivity contribution in [1.29, 1.82) is 0 Å². The van der Waals surface area contributed by atoms with Gasteiger partial charge >= 0.3 is 5.97 Å². The molecule has 0 unspecified atom stereocenters. The van der Waals surface area contributed by atoms with E-state index in [1.54, 1.807) is 24.5 Å². The molecule has 2 heterocycles. The fraction of sp³-hybridized carbons (Fsp3) is 0.286. The molecule has 0 aliphatic carbocycles. The molecule has 0 fully saturated rings. The van der Waals surface area contributed by atoms with E-state index in [1.165, 1.54) is 54.5 Å². The average molecular weight is 494 g/mol. The second-order valence-electron chi connectivity index (χ2n) is 7.67. The zero-order valence-corrected chi connectivity index (χ0v) is 20.4. The van der Waals surface area contributed by atoms with E-state index in [-0.39, 0.29) is 15.4 Å². The molecule has 0 atom stereocenters. The van der Waals surface area contributed by atoms with Crippen molar-refractivity contribution < 1.29 is 22.4 Å². The molecule has 0 aliphatic rings. The Balaban J connectivity index is 1.61. The fourth-order valence-electron chi connectivity index (χ4n) is 2.39. The molecule has 0 radical (unpaired) electrons. The van der Waals surface area contributed by atoms with E-state index in [9.17, 15) is 13.2 Å². The maximum atomic E-state index is 12.6. The molecule has 0 amide bonds. The highest BCUT2D eigenvalue weighted by Crippen LogP contribution is 2.32. The van der Waals surface area contributed by atoms with Crippen molar-refractivity contribution in [2.45, 2.75) is 41.0 Å². The van der Waals surface area contributed by atoms with E-state index in [0.29, 0.717) is 17.2 Å². The highest BCUT2D eigenvalue weighted by Gasteiger charge is 2.20. The Kier molecular flexibility index (Phi) is 7.42. The summed E-state index contributed by atoms with van der Waals surface area (Å²) in [6.45, 7) is 6.16. The Bertz CT molecular complexity index is 1210. The van der Waals surface area contributed by atoms with Gasteiger partial charge in [0.1, 0.15) is 5.76 Å². The Morgan fingerprint density at radius 1 is 1.22 bits per heavy atom. The van der Waals surface area contributed by atoms with Gasteiger partial charge in [-0.2, -0.15) is 0 Å². The van der Waals surface area contributed by atoms with Gasteiger partial charge in [0.25, 0.3) is 10.0 Å². The number of nitrogens with zero attached hydrogens (tertiary/aromatic N) is 2. The number of oxazole rings is 1. The van der Waals surface area contributed by atoms with E-state index in [0.717, 1.165) is 9.97 Å². The summed E-state index contributed by atoms with van der Waals surface area (Å²) in [5.74, 6) is 1.46. The first-order valence-corrected chi connectivity index (χ1v) is 12.8. The van der Waals surface area contributed by atoms with Crippen LogP contribution < -0.4 is 4.72 Å². The van der Waals surface area contributed by atoms with Crippen LogP contribution in [0, 0.1) is 0 Å². The third kappa shape index (κ3) is 6.44. The van der Waals surface area contributed by atoms with Crippen molar-refractivity contribution in [1.82, 2.24) is 9.97 Å². The largest absolute Gasteiger partial charge is 0.466 e. The molecule has 0 aliphatic heterocycles. The van der Waals surface area contributed by atoms with Crippen molar-refractivity contribution in [2.75, 3.05) is 11.8 Å². The summed E-state index contributed by atoms with van der Waals surface area (Å²) in [7, 11) is -2.51. The summed E-state index contributed by atoms with van der Waals surface area (Å²) in [6, 6.07) is 6.11. The molecule has 0 spiro atoms. The number of hydrogen-bond donors (Lipinski definition) is 1. The topological polar surface area (TPSA) is 111 Å². The van der Waals surface area contributed by atoms with Crippen LogP contribution in [0.25, 0.3) is 6.08 Å². The molecule has 0 saturated carbocycles. The van der Waals surface area contributed by atoms with Crippen LogP contribution in [0.1, 0.15) is 38.0 Å². The van der Waals surface area contributed by atoms with Gasteiger partial charge in [0.05, 0.1) is 34.4 Å². The lowest BCUT2D eigenvalue weighted by Gasteiger charge is -2.12. The molecule has 3 aromatic rings. The second kappa shape index (κ2) is 9.88. The monoisotopic (exact) mass is 493 g/mol. The fourth-order valence-corrected chi connectivity index (χ4v) is 5.36. The number of rotatable bonds is 8. The molecule has 3 rings (SSSR count). The zero-order valence-electron chi connectivity index (χ0n) is 18.0. The maximum absolute atomic E-state index is 12.6. The molecule has 8 nitrogen and oxygen atoms in total. The molecule has 170 valence electrons. The van der Waals surface area contributed by atoms with Crippen LogP contribution in [0.4, 0.5) is 5.13 Å². The smallest absolute Gasteiger partial charge is 0.330 e. The number of sulfonamides is 1. The molecular weight excluding hydrogens is 470 g/mol. The second-order valence-corrected chi connectivity index (χ2v) is 11.7. The normalized spacial score (nSPS) is 12.2. The predicted molar refractivity (Wildman–Crippen MR) is 125 cm³/mol. The van der Waals surface area contributed by atoms with Gasteiger partial charge < -0.3 is 9.15 Å². The summed E-state index contributed by atoms with van der Waals surface area (Å²) in [4.78, 5) is 19.7. The highest BCUT2D eigenvalue weighted by atomic mass is 32.2. The number of carbonyl (C=O) groups is 1. The first kappa shape index (κ1) is 24.0. The van der Waals surface area contributed by atoms with Gasteiger partial charge in [0.15, 0.2) is 5.13 Å². The Labute approximate surface area is 195 Å². The van der Waals surface area contributed by atoms with Gasteiger partial charge in [-0.15, -0.1) is 11.8 Å². The average Bonchev–Trinajstić information content (AvgIpc) is 3.39. The molecular formula is C21H23N3O5S3. The number of methoxy groups -OCH3 is 1. The number of benzene rings is 1. The SMILES string of the molecule is COC(=O)/C=C/c1ccc(S(=O)(=O)Nc2ncc(SCc3ncc(C(C)(C)C)o3)s2)cc1. The van der Waals surface area contributed by atoms with Gasteiger partial charge in [-0.25, -0.2) is 23.2 Å². The van der Waals surface area contributed by atoms with Crippen molar-refractivity contribution in [3.8, 4) is 0 Å². The summed E-state index contributed by atoms with van der Waals surface area (Å²) in [5.41, 5.74) is 0.560. The number of ether oxygens (including phenoxy) is 1. The van der Waals surface area contributed by atoms with Gasteiger partial charge in [0.2, 0.25) is 5.89 Å². The van der Waals surface area contributed by atoms with Crippen LogP contribution in [-0.2, 0) is 30.7 Å². The van der Waals surface area contributed by atoms with Crippen LogP contribution in [0.2, 0.25) is 0 Å². The third-order valence-electron chi connectivity index (χ3n) is 4.14. The quantitative estimate of drug-likeness (QED) is 0.273. The maximum Gasteiger partial charge on any atom is 0.330 e. The number of anilines is 1. The third-order valence-corrected chi connectivity index (χ3v) is 7.72. The lowest BCUT2D eigenvalue weighted by molar-refractivity contribution is -0.134. The molecule has 0 bridgehead atoms. The Morgan fingerprint density at radius 3 is 2.56 bits per heavy atom. The van der Waals surface area contributed by atoms with Gasteiger partial charge in [-0.05, 0) is 23.8 Å². The summed E-state index contributed by atoms with van der Waals surface area (Å²) >= 11 is 2.70. The minimum Gasteiger partial charge on any atom is -0.466 e. The number of thioether (sulfide) groups is 1. The van der Waals surface area contributed by atoms with Gasteiger partial charge in [-0.3, -0.25) is 4.72 Å². The minimum atomic E-state index is -3.79. The summed E-state index contributed by atoms with van der Waals surface area (Å²) in [5, 5.41) is 0.268. The van der Waals surface area contributed by atoms with Crippen molar-refractivity contribution in [3.63, 3.8) is 0 Å². The Hall–Kier alpha value is -2.63. The number of esters is 1. The lowest BCUT2D eigenvalue weighted by atomic mass is 9.94. The zero-order chi connectivity index (χ0) is 23.4. The molecule has 1 N–H and O–H groups in total.